The molecule has 0 amide bonds. The highest BCUT2D eigenvalue weighted by atomic mass is 16.3. The molecule has 2 aromatic rings. The number of nitrogens with zero attached hydrogens (tertiary/aromatic N) is 1. The highest BCUT2D eigenvalue weighted by molar-refractivity contribution is 5.86. The molecule has 2 aliphatic rings. The molecule has 2 aliphatic heterocycles. The quantitative estimate of drug-likeness (QED) is 0.858. The number of hydrogen-bond acceptors (Lipinski definition) is 3. The van der Waals surface area contributed by atoms with E-state index in [4.69, 9.17) is 10.2 Å². The molecule has 1 aromatic heterocycles. The van der Waals surface area contributed by atoms with E-state index in [0.717, 1.165) is 11.6 Å². The van der Waals surface area contributed by atoms with Gasteiger partial charge in [-0.05, 0) is 50.8 Å². The van der Waals surface area contributed by atoms with Crippen molar-refractivity contribution in [1.29, 1.82) is 0 Å². The van der Waals surface area contributed by atoms with Crippen molar-refractivity contribution in [3.63, 3.8) is 0 Å². The van der Waals surface area contributed by atoms with Gasteiger partial charge in [0.05, 0.1) is 0 Å². The second-order valence-electron chi connectivity index (χ2n) is 6.28. The number of furan rings is 1. The third-order valence-electron chi connectivity index (χ3n) is 5.14. The fraction of sp³-hybridized carbons (Fsp3) is 0.529. The summed E-state index contributed by atoms with van der Waals surface area (Å²) < 4.78 is 5.75. The smallest absolute Gasteiger partial charge is 0.195 e. The summed E-state index contributed by atoms with van der Waals surface area (Å²) in [4.78, 5) is 2.68. The number of para-hydroxylation sites is 1. The summed E-state index contributed by atoms with van der Waals surface area (Å²) in [7, 11) is 0. The summed E-state index contributed by atoms with van der Waals surface area (Å²) in [5, 5.41) is 1.22. The zero-order chi connectivity index (χ0) is 13.5. The molecule has 2 atom stereocenters. The second-order valence-corrected chi connectivity index (χ2v) is 6.28. The first kappa shape index (κ1) is 12.3. The predicted octanol–water partition coefficient (Wildman–Crippen LogP) is 3.75. The minimum atomic E-state index is 0.568. The topological polar surface area (TPSA) is 42.4 Å². The number of nitrogens with two attached hydrogens (primary N) is 1. The monoisotopic (exact) mass is 270 g/mol. The van der Waals surface area contributed by atoms with E-state index in [0.29, 0.717) is 11.8 Å². The molecule has 3 heterocycles. The lowest BCUT2D eigenvalue weighted by molar-refractivity contribution is 0.0977. The van der Waals surface area contributed by atoms with Crippen molar-refractivity contribution >= 4 is 16.9 Å². The van der Waals surface area contributed by atoms with E-state index in [1.165, 1.54) is 56.1 Å². The number of nitrogen functional groups attached to an aromatic ring is 1. The van der Waals surface area contributed by atoms with Crippen molar-refractivity contribution in [1.82, 2.24) is 4.90 Å². The number of piperidine rings is 2. The van der Waals surface area contributed by atoms with Crippen LogP contribution in [0.5, 0.6) is 0 Å². The van der Waals surface area contributed by atoms with Crippen molar-refractivity contribution in [2.75, 3.05) is 18.8 Å². The number of hydrogen-bond donors (Lipinski definition) is 1. The Labute approximate surface area is 119 Å². The number of rotatable bonds is 1. The summed E-state index contributed by atoms with van der Waals surface area (Å²) >= 11 is 0. The summed E-state index contributed by atoms with van der Waals surface area (Å²) in [6.45, 7) is 2.51. The molecule has 3 nitrogen and oxygen atoms in total. The van der Waals surface area contributed by atoms with E-state index in [9.17, 15) is 0 Å². The Hall–Kier alpha value is -1.48. The van der Waals surface area contributed by atoms with Gasteiger partial charge in [-0.3, -0.25) is 0 Å². The Morgan fingerprint density at radius 1 is 1.10 bits per heavy atom. The number of fused-ring (bicyclic) bond motifs is 2. The van der Waals surface area contributed by atoms with E-state index >= 15 is 0 Å². The molecule has 0 spiro atoms. The van der Waals surface area contributed by atoms with Crippen molar-refractivity contribution < 1.29 is 4.42 Å². The van der Waals surface area contributed by atoms with Crippen molar-refractivity contribution in [3.05, 3.63) is 29.8 Å². The average molecular weight is 270 g/mol. The van der Waals surface area contributed by atoms with E-state index in [1.807, 2.05) is 12.1 Å². The largest absolute Gasteiger partial charge is 0.441 e. The number of benzene rings is 1. The van der Waals surface area contributed by atoms with Gasteiger partial charge in [0.1, 0.15) is 5.58 Å². The van der Waals surface area contributed by atoms with Gasteiger partial charge in [-0.25, -0.2) is 0 Å². The Morgan fingerprint density at radius 2 is 2.00 bits per heavy atom. The van der Waals surface area contributed by atoms with Gasteiger partial charge in [-0.1, -0.05) is 24.6 Å². The molecule has 20 heavy (non-hydrogen) atoms. The molecule has 0 saturated carbocycles. The standard InChI is InChI=1S/C17H22N2O/c18-17-16(14-6-1-2-7-15(14)20-17)12-8-10-19-9-4-3-5-13(19)11-12/h1-2,6-7,12-13H,3-5,8-11,18H2. The molecule has 2 unspecified atom stereocenters. The zero-order valence-corrected chi connectivity index (χ0v) is 11.8. The van der Waals surface area contributed by atoms with E-state index < -0.39 is 0 Å². The van der Waals surface area contributed by atoms with E-state index in [1.54, 1.807) is 0 Å². The fourth-order valence-electron chi connectivity index (χ4n) is 4.16. The lowest BCUT2D eigenvalue weighted by Gasteiger charge is -2.42. The second kappa shape index (κ2) is 4.81. The van der Waals surface area contributed by atoms with Gasteiger partial charge in [0.25, 0.3) is 0 Å². The molecule has 1 aromatic carbocycles. The SMILES string of the molecule is Nc1oc2ccccc2c1C1CCN2CCCCC2C1. The Kier molecular flexibility index (Phi) is 2.95. The third kappa shape index (κ3) is 1.92. The van der Waals surface area contributed by atoms with Crippen LogP contribution >= 0.6 is 0 Å². The highest BCUT2D eigenvalue weighted by Crippen LogP contribution is 2.42. The highest BCUT2D eigenvalue weighted by Gasteiger charge is 2.33. The molecule has 0 aliphatic carbocycles. The maximum absolute atomic E-state index is 6.17. The molecule has 106 valence electrons. The van der Waals surface area contributed by atoms with Crippen molar-refractivity contribution in [2.24, 2.45) is 0 Å². The normalized spacial score (nSPS) is 27.6. The first-order valence-electron chi connectivity index (χ1n) is 7.84. The van der Waals surface area contributed by atoms with Gasteiger partial charge in [0.2, 0.25) is 0 Å². The van der Waals surface area contributed by atoms with Crippen LogP contribution < -0.4 is 5.73 Å². The van der Waals surface area contributed by atoms with E-state index in [-0.39, 0.29) is 0 Å². The first-order valence-corrected chi connectivity index (χ1v) is 7.84. The van der Waals surface area contributed by atoms with Crippen LogP contribution in [0.3, 0.4) is 0 Å². The Morgan fingerprint density at radius 3 is 2.95 bits per heavy atom. The molecule has 0 radical (unpaired) electrons. The van der Waals surface area contributed by atoms with Gasteiger partial charge in [0, 0.05) is 17.0 Å². The maximum atomic E-state index is 6.17. The molecule has 2 N–H and O–H groups in total. The first-order chi connectivity index (χ1) is 9.83. The molecular formula is C17H22N2O. The lowest BCUT2D eigenvalue weighted by atomic mass is 9.81. The summed E-state index contributed by atoms with van der Waals surface area (Å²) in [5.41, 5.74) is 8.38. The fourth-order valence-corrected chi connectivity index (χ4v) is 4.16. The van der Waals surface area contributed by atoms with E-state index in [2.05, 4.69) is 17.0 Å². The molecule has 4 rings (SSSR count). The predicted molar refractivity (Wildman–Crippen MR) is 81.8 cm³/mol. The molecule has 0 bridgehead atoms. The molecule has 3 heteroatoms. The van der Waals surface area contributed by atoms with Crippen molar-refractivity contribution in [3.8, 4) is 0 Å². The van der Waals surface area contributed by atoms with Gasteiger partial charge >= 0.3 is 0 Å². The van der Waals surface area contributed by atoms with Crippen LogP contribution in [-0.2, 0) is 0 Å². The summed E-state index contributed by atoms with van der Waals surface area (Å²) in [5.74, 6) is 1.21. The minimum absolute atomic E-state index is 0.568. The van der Waals surface area contributed by atoms with Gasteiger partial charge in [-0.15, -0.1) is 0 Å². The minimum Gasteiger partial charge on any atom is -0.441 e. The van der Waals surface area contributed by atoms with Gasteiger partial charge in [0.15, 0.2) is 5.88 Å². The average Bonchev–Trinajstić information content (AvgIpc) is 2.82. The third-order valence-corrected chi connectivity index (χ3v) is 5.14. The summed E-state index contributed by atoms with van der Waals surface area (Å²) in [6.07, 6.45) is 6.57. The van der Waals surface area contributed by atoms with Crippen LogP contribution in [-0.4, -0.2) is 24.0 Å². The van der Waals surface area contributed by atoms with Crippen LogP contribution in [0.2, 0.25) is 0 Å². The lowest BCUT2D eigenvalue weighted by Crippen LogP contribution is -2.44. The van der Waals surface area contributed by atoms with Crippen LogP contribution in [0.15, 0.2) is 28.7 Å². The van der Waals surface area contributed by atoms with Crippen molar-refractivity contribution in [2.45, 2.75) is 44.1 Å². The molecular weight excluding hydrogens is 248 g/mol. The molecule has 2 saturated heterocycles. The Balaban J connectivity index is 1.67. The maximum Gasteiger partial charge on any atom is 0.195 e. The number of anilines is 1. The van der Waals surface area contributed by atoms with Gasteiger partial charge in [-0.2, -0.15) is 0 Å². The summed E-state index contributed by atoms with van der Waals surface area (Å²) in [6, 6.07) is 9.02. The zero-order valence-electron chi connectivity index (χ0n) is 11.8. The molecule has 2 fully saturated rings. The van der Waals surface area contributed by atoms with Crippen LogP contribution in [0.4, 0.5) is 5.88 Å². The van der Waals surface area contributed by atoms with Crippen LogP contribution in [0, 0.1) is 0 Å². The Bertz CT molecular complexity index is 618. The van der Waals surface area contributed by atoms with Crippen LogP contribution in [0.1, 0.15) is 43.6 Å². The van der Waals surface area contributed by atoms with Crippen LogP contribution in [0.25, 0.3) is 11.0 Å². The van der Waals surface area contributed by atoms with Gasteiger partial charge < -0.3 is 15.1 Å².